The van der Waals surface area contributed by atoms with E-state index in [2.05, 4.69) is 5.10 Å². The van der Waals surface area contributed by atoms with E-state index in [1.54, 1.807) is 29.1 Å². The van der Waals surface area contributed by atoms with Gasteiger partial charge in [-0.15, -0.1) is 0 Å². The molecule has 1 aromatic heterocycles. The molecule has 0 spiro atoms. The molecule has 0 saturated heterocycles. The van der Waals surface area contributed by atoms with Gasteiger partial charge >= 0.3 is 6.18 Å². The summed E-state index contributed by atoms with van der Waals surface area (Å²) >= 11 is 0. The largest absolute Gasteiger partial charge is 0.416 e. The van der Waals surface area contributed by atoms with Gasteiger partial charge in [-0.25, -0.2) is 13.5 Å². The van der Waals surface area contributed by atoms with Gasteiger partial charge in [0, 0.05) is 30.0 Å². The second-order valence-corrected chi connectivity index (χ2v) is 9.85. The second kappa shape index (κ2) is 9.98. The molecule has 2 aliphatic rings. The molecule has 3 atom stereocenters. The van der Waals surface area contributed by atoms with Crippen molar-refractivity contribution in [2.45, 2.75) is 50.9 Å². The molecule has 38 heavy (non-hydrogen) atoms. The lowest BCUT2D eigenvalue weighted by Gasteiger charge is -2.32. The topological polar surface area (TPSA) is 58.4 Å². The summed E-state index contributed by atoms with van der Waals surface area (Å²) < 4.78 is 69.2. The Hall–Kier alpha value is -3.53. The Bertz CT molecular complexity index is 1380. The number of alkyl halides is 3. The van der Waals surface area contributed by atoms with Crippen LogP contribution in [0.4, 0.5) is 22.0 Å². The first-order valence-corrected chi connectivity index (χ1v) is 12.4. The average molecular weight is 532 g/mol. The maximum absolute atomic E-state index is 14.4. The van der Waals surface area contributed by atoms with Gasteiger partial charge in [-0.2, -0.15) is 18.3 Å². The highest BCUT2D eigenvalue weighted by molar-refractivity contribution is 5.83. The van der Waals surface area contributed by atoms with Crippen LogP contribution >= 0.6 is 0 Å². The lowest BCUT2D eigenvalue weighted by atomic mass is 9.79. The van der Waals surface area contributed by atoms with E-state index in [4.69, 9.17) is 0 Å². The summed E-state index contributed by atoms with van der Waals surface area (Å²) in [4.78, 5) is 14.6. The van der Waals surface area contributed by atoms with Crippen LogP contribution in [0, 0.1) is 17.6 Å². The number of halogens is 5. The van der Waals surface area contributed by atoms with E-state index >= 15 is 0 Å². The summed E-state index contributed by atoms with van der Waals surface area (Å²) in [7, 11) is 0. The summed E-state index contributed by atoms with van der Waals surface area (Å²) in [5, 5.41) is 14.3. The number of nitrogens with zero attached hydrogens (tertiary/aromatic N) is 3. The van der Waals surface area contributed by atoms with Crippen molar-refractivity contribution >= 4 is 5.91 Å². The Morgan fingerprint density at radius 3 is 2.55 bits per heavy atom. The molecule has 3 aromatic rings. The number of aliphatic hydroxyl groups is 1. The number of hydrogen-bond donors (Lipinski definition) is 1. The van der Waals surface area contributed by atoms with E-state index in [-0.39, 0.29) is 23.8 Å². The fourth-order valence-electron chi connectivity index (χ4n) is 5.62. The molecule has 1 heterocycles. The zero-order valence-electron chi connectivity index (χ0n) is 20.6. The van der Waals surface area contributed by atoms with Gasteiger partial charge in [-0.05, 0) is 43.2 Å². The Morgan fingerprint density at radius 1 is 1.16 bits per heavy atom. The molecular formula is C28H26F5N3O2. The van der Waals surface area contributed by atoms with Crippen LogP contribution < -0.4 is 0 Å². The van der Waals surface area contributed by atoms with Crippen molar-refractivity contribution in [2.75, 3.05) is 6.54 Å². The van der Waals surface area contributed by atoms with Crippen LogP contribution in [0.5, 0.6) is 0 Å². The molecule has 10 heteroatoms. The molecular weight excluding hydrogens is 505 g/mol. The van der Waals surface area contributed by atoms with Crippen LogP contribution in [0.15, 0.2) is 65.9 Å². The third kappa shape index (κ3) is 4.84. The standard InChI is InChI=1S/C28H26F5N3O2/c1-16-22-13-34-36(20-9-7-19(29)8-10-20)24(22)12-17-6-11-21(26(16)17)27(38)35(15-25(37)28(31,32)33)14-18-4-2-3-5-23(18)30/h2-5,7-10,13,16,21,25,37H,6,11-12,14-15H2,1H3/t16-,21+,25?/m0/s1. The first kappa shape index (κ1) is 26.1. The molecule has 1 amide bonds. The summed E-state index contributed by atoms with van der Waals surface area (Å²) in [6, 6.07) is 11.5. The van der Waals surface area contributed by atoms with Crippen molar-refractivity contribution < 1.29 is 31.9 Å². The van der Waals surface area contributed by atoms with Crippen LogP contribution in [0.3, 0.4) is 0 Å². The molecule has 0 radical (unpaired) electrons. The molecule has 0 bridgehead atoms. The zero-order valence-corrected chi connectivity index (χ0v) is 20.6. The summed E-state index contributed by atoms with van der Waals surface area (Å²) in [6.07, 6.45) is -4.46. The quantitative estimate of drug-likeness (QED) is 0.339. The lowest BCUT2D eigenvalue weighted by Crippen LogP contribution is -2.45. The van der Waals surface area contributed by atoms with Crippen molar-refractivity contribution in [1.82, 2.24) is 14.7 Å². The average Bonchev–Trinajstić information content (AvgIpc) is 3.49. The minimum atomic E-state index is -4.92. The number of amides is 1. The van der Waals surface area contributed by atoms with Gasteiger partial charge in [0.25, 0.3) is 0 Å². The number of carbonyl (C=O) groups excluding carboxylic acids is 1. The highest BCUT2D eigenvalue weighted by atomic mass is 19.4. The first-order valence-electron chi connectivity index (χ1n) is 12.4. The summed E-state index contributed by atoms with van der Waals surface area (Å²) in [6.45, 7) is 0.555. The molecule has 0 saturated carbocycles. The van der Waals surface area contributed by atoms with E-state index in [0.717, 1.165) is 27.3 Å². The maximum Gasteiger partial charge on any atom is 0.416 e. The van der Waals surface area contributed by atoms with Crippen LogP contribution in [0.25, 0.3) is 5.69 Å². The number of rotatable bonds is 6. The molecule has 1 N–H and O–H groups in total. The third-order valence-corrected chi connectivity index (χ3v) is 7.50. The molecule has 5 rings (SSSR count). The number of aliphatic hydroxyl groups excluding tert-OH is 1. The number of benzene rings is 2. The van der Waals surface area contributed by atoms with Gasteiger partial charge in [0.1, 0.15) is 11.6 Å². The van der Waals surface area contributed by atoms with E-state index in [0.29, 0.717) is 24.9 Å². The molecule has 5 nitrogen and oxygen atoms in total. The molecule has 200 valence electrons. The Kier molecular flexibility index (Phi) is 6.85. The number of allylic oxidation sites excluding steroid dienone is 1. The number of fused-ring (bicyclic) bond motifs is 1. The van der Waals surface area contributed by atoms with Gasteiger partial charge in [0.15, 0.2) is 6.10 Å². The summed E-state index contributed by atoms with van der Waals surface area (Å²) in [5.74, 6) is -2.47. The fourth-order valence-corrected chi connectivity index (χ4v) is 5.62. The Balaban J connectivity index is 1.44. The minimum Gasteiger partial charge on any atom is -0.382 e. The minimum absolute atomic E-state index is 0.0713. The van der Waals surface area contributed by atoms with E-state index < -0.39 is 36.5 Å². The molecule has 2 aliphatic carbocycles. The van der Waals surface area contributed by atoms with Crippen LogP contribution in [0.1, 0.15) is 42.5 Å². The van der Waals surface area contributed by atoms with Crippen LogP contribution in [0.2, 0.25) is 0 Å². The maximum atomic E-state index is 14.4. The normalized spacial score (nSPS) is 19.8. The predicted octanol–water partition coefficient (Wildman–Crippen LogP) is 5.47. The van der Waals surface area contributed by atoms with Crippen molar-refractivity contribution in [1.29, 1.82) is 0 Å². The first-order chi connectivity index (χ1) is 18.0. The van der Waals surface area contributed by atoms with Crippen LogP contribution in [-0.4, -0.2) is 44.5 Å². The van der Waals surface area contributed by atoms with Crippen molar-refractivity contribution in [3.05, 3.63) is 94.3 Å². The van der Waals surface area contributed by atoms with Crippen LogP contribution in [-0.2, 0) is 17.8 Å². The lowest BCUT2D eigenvalue weighted by molar-refractivity contribution is -0.209. The van der Waals surface area contributed by atoms with Crippen molar-refractivity contribution in [3.63, 3.8) is 0 Å². The van der Waals surface area contributed by atoms with Gasteiger partial charge in [-0.1, -0.05) is 36.3 Å². The smallest absolute Gasteiger partial charge is 0.382 e. The van der Waals surface area contributed by atoms with E-state index in [1.807, 2.05) is 6.92 Å². The van der Waals surface area contributed by atoms with Gasteiger partial charge < -0.3 is 10.0 Å². The molecule has 0 fully saturated rings. The van der Waals surface area contributed by atoms with Gasteiger partial charge in [0.05, 0.1) is 30.0 Å². The van der Waals surface area contributed by atoms with Crippen molar-refractivity contribution in [2.24, 2.45) is 5.92 Å². The SMILES string of the molecule is C[C@@H]1C2=C(CC[C@H]2C(=O)N(Cc2ccccc2F)CC(O)C(F)(F)F)Cc2c1cnn2-c1ccc(F)cc1. The van der Waals surface area contributed by atoms with Crippen molar-refractivity contribution in [3.8, 4) is 5.69 Å². The predicted molar refractivity (Wildman–Crippen MR) is 129 cm³/mol. The monoisotopic (exact) mass is 531 g/mol. The van der Waals surface area contributed by atoms with E-state index in [9.17, 15) is 31.9 Å². The molecule has 2 aromatic carbocycles. The molecule has 1 unspecified atom stereocenters. The zero-order chi connectivity index (χ0) is 27.2. The number of aromatic nitrogens is 2. The highest BCUT2D eigenvalue weighted by Gasteiger charge is 2.44. The van der Waals surface area contributed by atoms with E-state index in [1.165, 1.54) is 30.3 Å². The Labute approximate surface area is 216 Å². The van der Waals surface area contributed by atoms with Gasteiger partial charge in [0.2, 0.25) is 5.91 Å². The number of hydrogen-bond acceptors (Lipinski definition) is 3. The Morgan fingerprint density at radius 2 is 1.87 bits per heavy atom. The highest BCUT2D eigenvalue weighted by Crippen LogP contribution is 2.48. The second-order valence-electron chi connectivity index (χ2n) is 9.85. The fraction of sp³-hybridized carbons (Fsp3) is 0.357. The number of carbonyl (C=O) groups is 1. The third-order valence-electron chi connectivity index (χ3n) is 7.50. The summed E-state index contributed by atoms with van der Waals surface area (Å²) in [5.41, 5.74) is 4.46. The molecule has 0 aliphatic heterocycles. The van der Waals surface area contributed by atoms with Gasteiger partial charge in [-0.3, -0.25) is 4.79 Å².